The molecule has 18 heavy (non-hydrogen) atoms. The molecular formula is C12H15ClF2N2O. The molecule has 1 fully saturated rings. The summed E-state index contributed by atoms with van der Waals surface area (Å²) in [4.78, 5) is 2.11. The van der Waals surface area contributed by atoms with Crippen LogP contribution in [0.4, 0.5) is 8.78 Å². The number of nitrogens with two attached hydrogens (primary N) is 1. The molecule has 0 aliphatic carbocycles. The maximum atomic E-state index is 12.3. The van der Waals surface area contributed by atoms with Gasteiger partial charge >= 0.3 is 6.61 Å². The van der Waals surface area contributed by atoms with E-state index in [9.17, 15) is 8.78 Å². The molecule has 0 aromatic heterocycles. The lowest BCUT2D eigenvalue weighted by atomic mass is 10.2. The Kier molecular flexibility index (Phi) is 4.37. The Balaban J connectivity index is 2.11. The number of likely N-dealkylation sites (tertiary alicyclic amines) is 1. The summed E-state index contributed by atoms with van der Waals surface area (Å²) in [7, 11) is 0. The Morgan fingerprint density at radius 3 is 2.89 bits per heavy atom. The summed E-state index contributed by atoms with van der Waals surface area (Å²) in [6.45, 7) is -0.676. The predicted octanol–water partition coefficient (Wildman–Crippen LogP) is 2.47. The molecule has 6 heteroatoms. The van der Waals surface area contributed by atoms with E-state index in [2.05, 4.69) is 9.64 Å². The van der Waals surface area contributed by atoms with E-state index >= 15 is 0 Å². The molecule has 0 amide bonds. The van der Waals surface area contributed by atoms with Gasteiger partial charge in [-0.25, -0.2) is 0 Å². The lowest BCUT2D eigenvalue weighted by molar-refractivity contribution is -0.0507. The molecule has 2 rings (SSSR count). The highest BCUT2D eigenvalue weighted by Crippen LogP contribution is 2.26. The first-order valence-electron chi connectivity index (χ1n) is 5.76. The summed E-state index contributed by atoms with van der Waals surface area (Å²) in [5.74, 6) is 0.176. The lowest BCUT2D eigenvalue weighted by Gasteiger charge is -2.18. The van der Waals surface area contributed by atoms with E-state index in [1.54, 1.807) is 12.1 Å². The van der Waals surface area contributed by atoms with Gasteiger partial charge in [-0.15, -0.1) is 0 Å². The summed E-state index contributed by atoms with van der Waals surface area (Å²) in [6, 6.07) is 4.82. The molecule has 0 radical (unpaired) electrons. The minimum absolute atomic E-state index is 0.156. The summed E-state index contributed by atoms with van der Waals surface area (Å²) in [5.41, 5.74) is 6.47. The van der Waals surface area contributed by atoms with Crippen LogP contribution in [0.25, 0.3) is 0 Å². The fourth-order valence-electron chi connectivity index (χ4n) is 2.13. The molecule has 0 spiro atoms. The second-order valence-corrected chi connectivity index (χ2v) is 4.85. The summed E-state index contributed by atoms with van der Waals surface area (Å²) < 4.78 is 29.1. The number of rotatable bonds is 4. The van der Waals surface area contributed by atoms with E-state index in [1.165, 1.54) is 6.07 Å². The van der Waals surface area contributed by atoms with Gasteiger partial charge in [0.1, 0.15) is 5.75 Å². The second-order valence-electron chi connectivity index (χ2n) is 4.41. The highest BCUT2D eigenvalue weighted by molar-refractivity contribution is 6.30. The third-order valence-electron chi connectivity index (χ3n) is 2.94. The predicted molar refractivity (Wildman–Crippen MR) is 66.0 cm³/mol. The largest absolute Gasteiger partial charge is 0.434 e. The van der Waals surface area contributed by atoms with Gasteiger partial charge in [-0.1, -0.05) is 11.6 Å². The number of benzene rings is 1. The van der Waals surface area contributed by atoms with Crippen molar-refractivity contribution in [2.45, 2.75) is 25.6 Å². The summed E-state index contributed by atoms with van der Waals surface area (Å²) >= 11 is 5.88. The van der Waals surface area contributed by atoms with Crippen LogP contribution in [0.3, 0.4) is 0 Å². The van der Waals surface area contributed by atoms with Gasteiger partial charge in [0.25, 0.3) is 0 Å². The molecule has 1 aromatic rings. The van der Waals surface area contributed by atoms with Crippen molar-refractivity contribution >= 4 is 11.6 Å². The average molecular weight is 277 g/mol. The number of halogens is 3. The standard InChI is InChI=1S/C12H15ClF2N2O/c13-9-1-2-11(18-12(14)15)8(5-9)6-17-4-3-10(16)7-17/h1-2,5,10,12H,3-4,6-7,16H2/t10-/m0/s1. The van der Waals surface area contributed by atoms with Crippen LogP contribution >= 0.6 is 11.6 Å². The van der Waals surface area contributed by atoms with Gasteiger partial charge in [-0.3, -0.25) is 4.90 Å². The molecule has 3 nitrogen and oxygen atoms in total. The fourth-order valence-corrected chi connectivity index (χ4v) is 2.32. The quantitative estimate of drug-likeness (QED) is 0.918. The average Bonchev–Trinajstić information content (AvgIpc) is 2.67. The van der Waals surface area contributed by atoms with Crippen LogP contribution in [-0.4, -0.2) is 30.6 Å². The van der Waals surface area contributed by atoms with E-state index < -0.39 is 6.61 Å². The van der Waals surface area contributed by atoms with Crippen LogP contribution in [0.5, 0.6) is 5.75 Å². The van der Waals surface area contributed by atoms with Crippen LogP contribution in [0.1, 0.15) is 12.0 Å². The van der Waals surface area contributed by atoms with Crippen LogP contribution in [0.15, 0.2) is 18.2 Å². The van der Waals surface area contributed by atoms with E-state index in [0.717, 1.165) is 19.5 Å². The Hall–Kier alpha value is -0.910. The zero-order chi connectivity index (χ0) is 13.1. The Morgan fingerprint density at radius 2 is 2.28 bits per heavy atom. The van der Waals surface area contributed by atoms with Crippen LogP contribution in [0.2, 0.25) is 5.02 Å². The normalized spacial score (nSPS) is 20.6. The van der Waals surface area contributed by atoms with Crippen molar-refractivity contribution in [2.75, 3.05) is 13.1 Å². The minimum atomic E-state index is -2.83. The molecule has 1 saturated heterocycles. The molecule has 2 N–H and O–H groups in total. The summed E-state index contributed by atoms with van der Waals surface area (Å²) in [6.07, 6.45) is 0.922. The van der Waals surface area contributed by atoms with Gasteiger partial charge in [-0.05, 0) is 24.6 Å². The zero-order valence-electron chi connectivity index (χ0n) is 9.78. The van der Waals surface area contributed by atoms with Crippen LogP contribution in [0, 0.1) is 0 Å². The van der Waals surface area contributed by atoms with Crippen molar-refractivity contribution in [3.05, 3.63) is 28.8 Å². The van der Waals surface area contributed by atoms with Crippen molar-refractivity contribution in [3.8, 4) is 5.75 Å². The molecular weight excluding hydrogens is 262 g/mol. The molecule has 1 aliphatic heterocycles. The number of ether oxygens (including phenoxy) is 1. The monoisotopic (exact) mass is 276 g/mol. The van der Waals surface area contributed by atoms with Gasteiger partial charge < -0.3 is 10.5 Å². The van der Waals surface area contributed by atoms with Crippen LogP contribution < -0.4 is 10.5 Å². The van der Waals surface area contributed by atoms with Crippen molar-refractivity contribution < 1.29 is 13.5 Å². The van der Waals surface area contributed by atoms with E-state index in [-0.39, 0.29) is 11.8 Å². The molecule has 100 valence electrons. The molecule has 1 heterocycles. The third kappa shape index (κ3) is 3.54. The van der Waals surface area contributed by atoms with Gasteiger partial charge in [0.15, 0.2) is 0 Å². The third-order valence-corrected chi connectivity index (χ3v) is 3.18. The van der Waals surface area contributed by atoms with Crippen molar-refractivity contribution in [1.29, 1.82) is 0 Å². The Bertz CT molecular complexity index is 417. The topological polar surface area (TPSA) is 38.5 Å². The Labute approximate surface area is 109 Å². The summed E-state index contributed by atoms with van der Waals surface area (Å²) in [5, 5.41) is 0.509. The van der Waals surface area contributed by atoms with E-state index in [0.29, 0.717) is 17.1 Å². The molecule has 1 aliphatic rings. The van der Waals surface area contributed by atoms with Crippen molar-refractivity contribution in [3.63, 3.8) is 0 Å². The molecule has 0 saturated carbocycles. The minimum Gasteiger partial charge on any atom is -0.434 e. The number of nitrogens with zero attached hydrogens (tertiary/aromatic N) is 1. The van der Waals surface area contributed by atoms with Gasteiger partial charge in [0, 0.05) is 36.3 Å². The fraction of sp³-hybridized carbons (Fsp3) is 0.500. The maximum Gasteiger partial charge on any atom is 0.387 e. The van der Waals surface area contributed by atoms with Gasteiger partial charge in [0.2, 0.25) is 0 Å². The molecule has 1 atom stereocenters. The second kappa shape index (κ2) is 5.82. The number of alkyl halides is 2. The van der Waals surface area contributed by atoms with E-state index in [1.807, 2.05) is 0 Å². The SMILES string of the molecule is N[C@H]1CCN(Cc2cc(Cl)ccc2OC(F)F)C1. The number of hydrogen-bond donors (Lipinski definition) is 1. The zero-order valence-corrected chi connectivity index (χ0v) is 10.5. The highest BCUT2D eigenvalue weighted by atomic mass is 35.5. The molecule has 0 unspecified atom stereocenters. The molecule has 1 aromatic carbocycles. The van der Waals surface area contributed by atoms with Crippen molar-refractivity contribution in [1.82, 2.24) is 4.90 Å². The van der Waals surface area contributed by atoms with Crippen molar-refractivity contribution in [2.24, 2.45) is 5.73 Å². The maximum absolute atomic E-state index is 12.3. The highest BCUT2D eigenvalue weighted by Gasteiger charge is 2.21. The Morgan fingerprint density at radius 1 is 1.50 bits per heavy atom. The first-order chi connectivity index (χ1) is 8.54. The van der Waals surface area contributed by atoms with E-state index in [4.69, 9.17) is 17.3 Å². The van der Waals surface area contributed by atoms with Crippen LogP contribution in [-0.2, 0) is 6.54 Å². The first-order valence-corrected chi connectivity index (χ1v) is 6.13. The molecule has 0 bridgehead atoms. The van der Waals surface area contributed by atoms with Gasteiger partial charge in [-0.2, -0.15) is 8.78 Å². The van der Waals surface area contributed by atoms with Gasteiger partial charge in [0.05, 0.1) is 0 Å². The smallest absolute Gasteiger partial charge is 0.387 e. The lowest BCUT2D eigenvalue weighted by Crippen LogP contribution is -2.26. The number of hydrogen-bond acceptors (Lipinski definition) is 3. The first kappa shape index (κ1) is 13.5.